The molecular weight excluding hydrogens is 172 g/mol. The number of hydrogen-bond acceptors (Lipinski definition) is 2. The fourth-order valence-electron chi connectivity index (χ4n) is 1.32. The van der Waals surface area contributed by atoms with Crippen LogP contribution in [0.2, 0.25) is 0 Å². The number of hydrogen-bond donors (Lipinski definition) is 2. The third kappa shape index (κ3) is 3.69. The molecule has 2 heteroatoms. The molecule has 78 valence electrons. The van der Waals surface area contributed by atoms with Crippen LogP contribution in [0.5, 0.6) is 0 Å². The minimum Gasteiger partial charge on any atom is -0.399 e. The molecule has 2 nitrogen and oxygen atoms in total. The quantitative estimate of drug-likeness (QED) is 0.703. The zero-order chi connectivity index (χ0) is 10.4. The van der Waals surface area contributed by atoms with Gasteiger partial charge in [-0.2, -0.15) is 0 Å². The van der Waals surface area contributed by atoms with E-state index in [2.05, 4.69) is 19.2 Å². The molecule has 0 fully saturated rings. The molecule has 0 aliphatic rings. The van der Waals surface area contributed by atoms with Gasteiger partial charge in [0.2, 0.25) is 0 Å². The molecule has 1 atom stereocenters. The monoisotopic (exact) mass is 192 g/mol. The van der Waals surface area contributed by atoms with Gasteiger partial charge >= 0.3 is 0 Å². The van der Waals surface area contributed by atoms with Gasteiger partial charge in [-0.3, -0.25) is 0 Å². The molecule has 0 saturated heterocycles. The summed E-state index contributed by atoms with van der Waals surface area (Å²) >= 11 is 0. The summed E-state index contributed by atoms with van der Waals surface area (Å²) in [5, 5.41) is 3.37. The summed E-state index contributed by atoms with van der Waals surface area (Å²) in [5.74, 6) is 0.795. The summed E-state index contributed by atoms with van der Waals surface area (Å²) < 4.78 is 0. The molecule has 0 aromatic heterocycles. The lowest BCUT2D eigenvalue weighted by molar-refractivity contribution is 0.532. The van der Waals surface area contributed by atoms with Crippen molar-refractivity contribution >= 4 is 11.4 Å². The molecule has 0 heterocycles. The van der Waals surface area contributed by atoms with Crippen LogP contribution < -0.4 is 11.1 Å². The molecule has 0 amide bonds. The molecule has 0 aliphatic heterocycles. The van der Waals surface area contributed by atoms with Crippen molar-refractivity contribution in [2.45, 2.75) is 26.7 Å². The van der Waals surface area contributed by atoms with Crippen LogP contribution in [0, 0.1) is 5.92 Å². The van der Waals surface area contributed by atoms with Crippen molar-refractivity contribution < 1.29 is 0 Å². The Kier molecular flexibility index (Phi) is 4.30. The van der Waals surface area contributed by atoms with E-state index in [0.717, 1.165) is 23.8 Å². The lowest BCUT2D eigenvalue weighted by Gasteiger charge is -2.10. The topological polar surface area (TPSA) is 38.0 Å². The first-order valence-corrected chi connectivity index (χ1v) is 5.31. The number of nitrogen functional groups attached to an aromatic ring is 1. The second-order valence-electron chi connectivity index (χ2n) is 3.85. The van der Waals surface area contributed by atoms with Crippen LogP contribution in [0.1, 0.15) is 26.7 Å². The summed E-state index contributed by atoms with van der Waals surface area (Å²) in [6.07, 6.45) is 2.46. The fraction of sp³-hybridized carbons (Fsp3) is 0.500. The molecule has 0 saturated carbocycles. The first-order valence-electron chi connectivity index (χ1n) is 5.31. The van der Waals surface area contributed by atoms with Gasteiger partial charge in [0.15, 0.2) is 0 Å². The maximum Gasteiger partial charge on any atom is 0.0360 e. The Morgan fingerprint density at radius 3 is 2.86 bits per heavy atom. The van der Waals surface area contributed by atoms with Crippen molar-refractivity contribution in [3.8, 4) is 0 Å². The van der Waals surface area contributed by atoms with Crippen molar-refractivity contribution in [3.05, 3.63) is 24.3 Å². The van der Waals surface area contributed by atoms with Crippen molar-refractivity contribution in [1.29, 1.82) is 0 Å². The van der Waals surface area contributed by atoms with Crippen LogP contribution in [0.25, 0.3) is 0 Å². The Balaban J connectivity index is 2.31. The normalized spacial score (nSPS) is 12.4. The summed E-state index contributed by atoms with van der Waals surface area (Å²) in [6.45, 7) is 5.53. The molecule has 3 N–H and O–H groups in total. The van der Waals surface area contributed by atoms with E-state index in [-0.39, 0.29) is 0 Å². The van der Waals surface area contributed by atoms with Crippen molar-refractivity contribution in [2.24, 2.45) is 5.92 Å². The molecule has 1 unspecified atom stereocenters. The van der Waals surface area contributed by atoms with Gasteiger partial charge in [0.1, 0.15) is 0 Å². The first kappa shape index (κ1) is 10.9. The average Bonchev–Trinajstić information content (AvgIpc) is 2.17. The van der Waals surface area contributed by atoms with Gasteiger partial charge in [0.25, 0.3) is 0 Å². The van der Waals surface area contributed by atoms with Gasteiger partial charge in [-0.15, -0.1) is 0 Å². The van der Waals surface area contributed by atoms with E-state index in [1.165, 1.54) is 12.8 Å². The Labute approximate surface area is 86.5 Å². The van der Waals surface area contributed by atoms with Gasteiger partial charge in [0.05, 0.1) is 0 Å². The van der Waals surface area contributed by atoms with Gasteiger partial charge < -0.3 is 11.1 Å². The Morgan fingerprint density at radius 1 is 1.43 bits per heavy atom. The van der Waals surface area contributed by atoms with Gasteiger partial charge in [-0.05, 0) is 30.5 Å². The van der Waals surface area contributed by atoms with Crippen LogP contribution in [0.4, 0.5) is 11.4 Å². The second-order valence-corrected chi connectivity index (χ2v) is 3.85. The third-order valence-corrected chi connectivity index (χ3v) is 2.55. The van der Waals surface area contributed by atoms with Gasteiger partial charge in [-0.25, -0.2) is 0 Å². The van der Waals surface area contributed by atoms with Crippen LogP contribution in [-0.4, -0.2) is 6.54 Å². The molecule has 0 radical (unpaired) electrons. The van der Waals surface area contributed by atoms with E-state index >= 15 is 0 Å². The van der Waals surface area contributed by atoms with E-state index in [9.17, 15) is 0 Å². The summed E-state index contributed by atoms with van der Waals surface area (Å²) in [7, 11) is 0. The summed E-state index contributed by atoms with van der Waals surface area (Å²) in [5.41, 5.74) is 7.61. The van der Waals surface area contributed by atoms with Crippen LogP contribution in [0.15, 0.2) is 24.3 Å². The highest BCUT2D eigenvalue weighted by atomic mass is 14.9. The van der Waals surface area contributed by atoms with Crippen LogP contribution >= 0.6 is 0 Å². The van der Waals surface area contributed by atoms with E-state index in [1.54, 1.807) is 0 Å². The van der Waals surface area contributed by atoms with Crippen LogP contribution in [0.3, 0.4) is 0 Å². The second kappa shape index (κ2) is 5.53. The molecule has 1 rings (SSSR count). The predicted octanol–water partition coefficient (Wildman–Crippen LogP) is 3.12. The van der Waals surface area contributed by atoms with Gasteiger partial charge in [0, 0.05) is 17.9 Å². The third-order valence-electron chi connectivity index (χ3n) is 2.55. The maximum atomic E-state index is 5.68. The molecular formula is C12H20N2. The van der Waals surface area contributed by atoms with E-state index in [4.69, 9.17) is 5.73 Å². The molecule has 0 spiro atoms. The summed E-state index contributed by atoms with van der Waals surface area (Å²) in [6, 6.07) is 7.89. The lowest BCUT2D eigenvalue weighted by Crippen LogP contribution is -2.06. The molecule has 14 heavy (non-hydrogen) atoms. The highest BCUT2D eigenvalue weighted by Crippen LogP contribution is 2.13. The number of nitrogens with one attached hydrogen (secondary N) is 1. The lowest BCUT2D eigenvalue weighted by atomic mass is 10.1. The average molecular weight is 192 g/mol. The predicted molar refractivity (Wildman–Crippen MR) is 63.4 cm³/mol. The standard InChI is InChI=1S/C12H20N2/c1-3-10(2)7-8-14-12-6-4-5-11(13)9-12/h4-6,9-10,14H,3,7-8,13H2,1-2H3. The fourth-order valence-corrected chi connectivity index (χ4v) is 1.32. The van der Waals surface area contributed by atoms with E-state index in [1.807, 2.05) is 24.3 Å². The minimum absolute atomic E-state index is 0.795. The highest BCUT2D eigenvalue weighted by Gasteiger charge is 1.98. The van der Waals surface area contributed by atoms with Crippen molar-refractivity contribution in [2.75, 3.05) is 17.6 Å². The number of anilines is 2. The zero-order valence-corrected chi connectivity index (χ0v) is 9.09. The molecule has 0 bridgehead atoms. The van der Waals surface area contributed by atoms with Crippen molar-refractivity contribution in [1.82, 2.24) is 0 Å². The number of rotatable bonds is 5. The Hall–Kier alpha value is -1.18. The molecule has 1 aromatic carbocycles. The SMILES string of the molecule is CCC(C)CCNc1cccc(N)c1. The summed E-state index contributed by atoms with van der Waals surface area (Å²) in [4.78, 5) is 0. The molecule has 0 aliphatic carbocycles. The minimum atomic E-state index is 0.795. The number of nitrogens with two attached hydrogens (primary N) is 1. The van der Waals surface area contributed by atoms with Crippen molar-refractivity contribution in [3.63, 3.8) is 0 Å². The number of benzene rings is 1. The Morgan fingerprint density at radius 2 is 2.21 bits per heavy atom. The zero-order valence-electron chi connectivity index (χ0n) is 9.09. The Bertz CT molecular complexity index is 271. The van der Waals surface area contributed by atoms with E-state index < -0.39 is 0 Å². The van der Waals surface area contributed by atoms with Gasteiger partial charge in [-0.1, -0.05) is 26.3 Å². The first-order chi connectivity index (χ1) is 6.72. The largest absolute Gasteiger partial charge is 0.399 e. The molecule has 1 aromatic rings. The van der Waals surface area contributed by atoms with E-state index in [0.29, 0.717) is 0 Å². The van der Waals surface area contributed by atoms with Crippen LogP contribution in [-0.2, 0) is 0 Å². The smallest absolute Gasteiger partial charge is 0.0360 e. The maximum absolute atomic E-state index is 5.68. The highest BCUT2D eigenvalue weighted by molar-refractivity contribution is 5.53.